The molecule has 7 heteroatoms. The number of carbonyl (C=O) groups is 2. The first kappa shape index (κ1) is 19.2. The van der Waals surface area contributed by atoms with E-state index in [0.29, 0.717) is 25.4 Å². The molecular weight excluding hydrogens is 322 g/mol. The molecule has 1 saturated carbocycles. The summed E-state index contributed by atoms with van der Waals surface area (Å²) in [6.45, 7) is 6.65. The lowest BCUT2D eigenvalue weighted by Crippen LogP contribution is -2.35. The molecule has 0 aromatic rings. The van der Waals surface area contributed by atoms with Crippen molar-refractivity contribution < 1.29 is 19.2 Å². The van der Waals surface area contributed by atoms with Crippen molar-refractivity contribution in [2.75, 3.05) is 13.1 Å². The number of hydrogen-bond acceptors (Lipinski definition) is 6. The summed E-state index contributed by atoms with van der Waals surface area (Å²) in [6.07, 6.45) is 5.82. The minimum Gasteiger partial charge on any atom is -0.444 e. The Morgan fingerprint density at radius 1 is 1.32 bits per heavy atom. The maximum atomic E-state index is 11.5. The van der Waals surface area contributed by atoms with Crippen LogP contribution in [0.3, 0.4) is 0 Å². The second-order valence-electron chi connectivity index (χ2n) is 7.75. The number of nitrogens with zero attached hydrogens (tertiary/aromatic N) is 3. The van der Waals surface area contributed by atoms with E-state index < -0.39 is 5.60 Å². The van der Waals surface area contributed by atoms with Gasteiger partial charge in [0.25, 0.3) is 0 Å². The van der Waals surface area contributed by atoms with E-state index in [4.69, 9.17) is 10.00 Å². The molecule has 0 aromatic carbocycles. The molecule has 2 heterocycles. The SMILES string of the molecule is CC(C)(C)OC(=O)N1CCC(C#N)C1.O=C1CC(C2CCCC2)=NO1. The number of ether oxygens (including phenoxy) is 1. The van der Waals surface area contributed by atoms with Gasteiger partial charge in [-0.25, -0.2) is 9.59 Å². The van der Waals surface area contributed by atoms with Gasteiger partial charge in [0.1, 0.15) is 5.60 Å². The number of nitriles is 1. The van der Waals surface area contributed by atoms with Gasteiger partial charge in [0.05, 0.1) is 24.1 Å². The fourth-order valence-electron chi connectivity index (χ4n) is 3.16. The number of amides is 1. The van der Waals surface area contributed by atoms with Crippen molar-refractivity contribution in [1.82, 2.24) is 4.90 Å². The number of likely N-dealkylation sites (tertiary alicyclic amines) is 1. The number of carbonyl (C=O) groups excluding carboxylic acids is 2. The highest BCUT2D eigenvalue weighted by Crippen LogP contribution is 2.28. The van der Waals surface area contributed by atoms with Crippen LogP contribution in [0, 0.1) is 23.2 Å². The summed E-state index contributed by atoms with van der Waals surface area (Å²) in [5, 5.41) is 12.4. The Morgan fingerprint density at radius 2 is 2.00 bits per heavy atom. The lowest BCUT2D eigenvalue weighted by molar-refractivity contribution is -0.140. The average molecular weight is 349 g/mol. The van der Waals surface area contributed by atoms with Gasteiger partial charge in [-0.15, -0.1) is 0 Å². The van der Waals surface area contributed by atoms with Crippen LogP contribution in [-0.2, 0) is 14.4 Å². The number of hydrogen-bond donors (Lipinski definition) is 0. The maximum Gasteiger partial charge on any atom is 0.410 e. The molecule has 2 aliphatic heterocycles. The molecule has 1 amide bonds. The summed E-state index contributed by atoms with van der Waals surface area (Å²) in [7, 11) is 0. The van der Waals surface area contributed by atoms with E-state index in [1.165, 1.54) is 25.7 Å². The first-order valence-corrected chi connectivity index (χ1v) is 8.92. The van der Waals surface area contributed by atoms with E-state index in [2.05, 4.69) is 16.1 Å². The Labute approximate surface area is 148 Å². The van der Waals surface area contributed by atoms with Crippen LogP contribution < -0.4 is 0 Å². The van der Waals surface area contributed by atoms with Crippen LogP contribution in [0.5, 0.6) is 0 Å². The normalized spacial score (nSPS) is 23.4. The Morgan fingerprint density at radius 3 is 2.48 bits per heavy atom. The summed E-state index contributed by atoms with van der Waals surface area (Å²) in [5.74, 6) is 0.330. The van der Waals surface area contributed by atoms with Crippen LogP contribution in [0.25, 0.3) is 0 Å². The average Bonchev–Trinajstić information content (AvgIpc) is 3.27. The molecule has 1 aliphatic carbocycles. The van der Waals surface area contributed by atoms with E-state index in [-0.39, 0.29) is 18.0 Å². The quantitative estimate of drug-likeness (QED) is 0.678. The smallest absolute Gasteiger partial charge is 0.410 e. The Kier molecular flexibility index (Phi) is 6.40. The van der Waals surface area contributed by atoms with Gasteiger partial charge in [-0.05, 0) is 40.0 Å². The zero-order chi connectivity index (χ0) is 18.4. The molecule has 0 bridgehead atoms. The van der Waals surface area contributed by atoms with Crippen LogP contribution in [-0.4, -0.2) is 41.4 Å². The summed E-state index contributed by atoms with van der Waals surface area (Å²) in [5.41, 5.74) is 0.523. The summed E-state index contributed by atoms with van der Waals surface area (Å²) in [4.78, 5) is 28.3. The molecule has 3 aliphatic rings. The predicted molar refractivity (Wildman–Crippen MR) is 91.6 cm³/mol. The minimum absolute atomic E-state index is 0.0254. The van der Waals surface area contributed by atoms with Gasteiger partial charge < -0.3 is 14.5 Å². The first-order valence-electron chi connectivity index (χ1n) is 8.92. The van der Waals surface area contributed by atoms with E-state index in [9.17, 15) is 9.59 Å². The summed E-state index contributed by atoms with van der Waals surface area (Å²) < 4.78 is 5.19. The zero-order valence-corrected chi connectivity index (χ0v) is 15.3. The van der Waals surface area contributed by atoms with Crippen molar-refractivity contribution >= 4 is 17.8 Å². The number of rotatable bonds is 1. The molecule has 1 saturated heterocycles. The largest absolute Gasteiger partial charge is 0.444 e. The Hall–Kier alpha value is -2.10. The van der Waals surface area contributed by atoms with Crippen LogP contribution in [0.1, 0.15) is 59.3 Å². The van der Waals surface area contributed by atoms with Crippen molar-refractivity contribution in [3.05, 3.63) is 0 Å². The molecule has 0 spiro atoms. The predicted octanol–water partition coefficient (Wildman–Crippen LogP) is 3.25. The van der Waals surface area contributed by atoms with Gasteiger partial charge in [-0.2, -0.15) is 5.26 Å². The lowest BCUT2D eigenvalue weighted by atomic mass is 10.00. The zero-order valence-electron chi connectivity index (χ0n) is 15.3. The molecule has 3 rings (SSSR count). The van der Waals surface area contributed by atoms with E-state index in [1.807, 2.05) is 20.8 Å². The molecule has 1 unspecified atom stereocenters. The standard InChI is InChI=1S/C10H16N2O2.C8H11NO2/c1-10(2,3)14-9(13)12-5-4-8(6-11)7-12;10-8-5-7(9-11-8)6-3-1-2-4-6/h8H,4-5,7H2,1-3H3;6H,1-5H2. The molecule has 1 atom stereocenters. The molecule has 25 heavy (non-hydrogen) atoms. The molecular formula is C18H27N3O4. The summed E-state index contributed by atoms with van der Waals surface area (Å²) >= 11 is 0. The highest BCUT2D eigenvalue weighted by atomic mass is 16.7. The van der Waals surface area contributed by atoms with Gasteiger partial charge in [0.2, 0.25) is 0 Å². The second-order valence-corrected chi connectivity index (χ2v) is 7.75. The van der Waals surface area contributed by atoms with Crippen molar-refractivity contribution in [1.29, 1.82) is 5.26 Å². The van der Waals surface area contributed by atoms with Gasteiger partial charge >= 0.3 is 12.1 Å². The fourth-order valence-corrected chi connectivity index (χ4v) is 3.16. The van der Waals surface area contributed by atoms with Crippen LogP contribution in [0.15, 0.2) is 5.16 Å². The van der Waals surface area contributed by atoms with Crippen molar-refractivity contribution in [3.63, 3.8) is 0 Å². The number of oxime groups is 1. The van der Waals surface area contributed by atoms with Crippen LogP contribution >= 0.6 is 0 Å². The lowest BCUT2D eigenvalue weighted by Gasteiger charge is -2.24. The van der Waals surface area contributed by atoms with E-state index >= 15 is 0 Å². The van der Waals surface area contributed by atoms with Crippen LogP contribution in [0.4, 0.5) is 4.79 Å². The van der Waals surface area contributed by atoms with E-state index in [1.54, 1.807) is 4.90 Å². The molecule has 0 N–H and O–H groups in total. The summed E-state index contributed by atoms with van der Waals surface area (Å²) in [6, 6.07) is 2.16. The van der Waals surface area contributed by atoms with Gasteiger partial charge in [-0.1, -0.05) is 18.0 Å². The third-order valence-corrected chi connectivity index (χ3v) is 4.44. The highest BCUT2D eigenvalue weighted by Gasteiger charge is 2.29. The Balaban J connectivity index is 0.000000185. The molecule has 0 aromatic heterocycles. The molecule has 0 radical (unpaired) electrons. The van der Waals surface area contributed by atoms with Gasteiger partial charge in [0.15, 0.2) is 0 Å². The second kappa shape index (κ2) is 8.32. The van der Waals surface area contributed by atoms with E-state index in [0.717, 1.165) is 12.1 Å². The maximum absolute atomic E-state index is 11.5. The molecule has 138 valence electrons. The Bertz CT molecular complexity index is 568. The minimum atomic E-state index is -0.457. The van der Waals surface area contributed by atoms with Crippen molar-refractivity contribution in [3.8, 4) is 6.07 Å². The third kappa shape index (κ3) is 6.04. The van der Waals surface area contributed by atoms with Crippen molar-refractivity contribution in [2.45, 2.75) is 64.9 Å². The van der Waals surface area contributed by atoms with Gasteiger partial charge in [-0.3, -0.25) is 0 Å². The highest BCUT2D eigenvalue weighted by molar-refractivity contribution is 6.03. The van der Waals surface area contributed by atoms with Crippen LogP contribution in [0.2, 0.25) is 0 Å². The topological polar surface area (TPSA) is 92.0 Å². The first-order chi connectivity index (χ1) is 11.8. The molecule has 2 fully saturated rings. The fraction of sp³-hybridized carbons (Fsp3) is 0.778. The molecule has 7 nitrogen and oxygen atoms in total. The van der Waals surface area contributed by atoms with Gasteiger partial charge in [0, 0.05) is 19.0 Å². The third-order valence-electron chi connectivity index (χ3n) is 4.44. The van der Waals surface area contributed by atoms with Crippen molar-refractivity contribution in [2.24, 2.45) is 17.0 Å². The monoisotopic (exact) mass is 349 g/mol.